The van der Waals surface area contributed by atoms with Gasteiger partial charge in [-0.25, -0.2) is 17.2 Å². The van der Waals surface area contributed by atoms with Crippen LogP contribution in [0.2, 0.25) is 0 Å². The van der Waals surface area contributed by atoms with Crippen LogP contribution in [-0.4, -0.2) is 25.5 Å². The second-order valence-corrected chi connectivity index (χ2v) is 7.51. The Morgan fingerprint density at radius 3 is 2.35 bits per heavy atom. The first-order valence-electron chi connectivity index (χ1n) is 6.88. The van der Waals surface area contributed by atoms with Crippen LogP contribution in [0.5, 0.6) is 0 Å². The molecule has 20 heavy (non-hydrogen) atoms. The van der Waals surface area contributed by atoms with Gasteiger partial charge >= 0.3 is 0 Å². The van der Waals surface area contributed by atoms with Crippen molar-refractivity contribution in [3.63, 3.8) is 0 Å². The zero-order valence-corrected chi connectivity index (χ0v) is 12.0. The second kappa shape index (κ2) is 5.79. The molecule has 2 rings (SSSR count). The van der Waals surface area contributed by atoms with Gasteiger partial charge in [-0.2, -0.15) is 0 Å². The van der Waals surface area contributed by atoms with Gasteiger partial charge in [0.05, 0.1) is 5.25 Å². The largest absolute Gasteiger partial charge is 0.274 e. The Hall–Kier alpha value is -0.980. The summed E-state index contributed by atoms with van der Waals surface area (Å²) in [6.45, 7) is 0. The average Bonchev–Trinajstić information content (AvgIpc) is 2.39. The number of rotatable bonds is 3. The van der Waals surface area contributed by atoms with Crippen LogP contribution in [0, 0.1) is 5.92 Å². The van der Waals surface area contributed by atoms with Crippen LogP contribution in [0.4, 0.5) is 8.78 Å². The Morgan fingerprint density at radius 2 is 1.80 bits per heavy atom. The molecule has 2 aliphatic rings. The molecule has 0 spiro atoms. The van der Waals surface area contributed by atoms with Crippen molar-refractivity contribution >= 4 is 15.9 Å². The van der Waals surface area contributed by atoms with Gasteiger partial charge in [-0.1, -0.05) is 12.2 Å². The van der Waals surface area contributed by atoms with Crippen molar-refractivity contribution in [2.75, 3.05) is 0 Å². The molecule has 2 aliphatic carbocycles. The summed E-state index contributed by atoms with van der Waals surface area (Å²) in [6, 6.07) is 0. The summed E-state index contributed by atoms with van der Waals surface area (Å²) in [5, 5.41) is -0.596. The first kappa shape index (κ1) is 15.4. The number of carbonyl (C=O) groups excluding carboxylic acids is 1. The number of sulfonamides is 1. The molecule has 1 saturated carbocycles. The van der Waals surface area contributed by atoms with Crippen molar-refractivity contribution in [1.29, 1.82) is 0 Å². The lowest BCUT2D eigenvalue weighted by atomic mass is 9.86. The summed E-state index contributed by atoms with van der Waals surface area (Å²) in [4.78, 5) is 11.9. The topological polar surface area (TPSA) is 63.2 Å². The van der Waals surface area contributed by atoms with Gasteiger partial charge < -0.3 is 0 Å². The number of carbonyl (C=O) groups is 1. The number of hydrogen-bond donors (Lipinski definition) is 1. The summed E-state index contributed by atoms with van der Waals surface area (Å²) in [6.07, 6.45) is 4.64. The molecule has 1 N–H and O–H groups in total. The number of halogens is 2. The quantitative estimate of drug-likeness (QED) is 0.814. The third kappa shape index (κ3) is 3.77. The normalized spacial score (nSPS) is 27.2. The fourth-order valence-corrected chi connectivity index (χ4v) is 4.08. The molecule has 4 nitrogen and oxygen atoms in total. The standard InChI is InChI=1S/C13H19F2NO3S/c14-13(15)8-6-10(7-9-13)12(17)16-20(18,19)11-4-2-1-3-5-11/h1-2,10-11H,3-9H2,(H,16,17)/t11-/m0/s1. The summed E-state index contributed by atoms with van der Waals surface area (Å²) < 4.78 is 52.2. The second-order valence-electron chi connectivity index (χ2n) is 5.55. The zero-order chi connectivity index (χ0) is 14.8. The van der Waals surface area contributed by atoms with Gasteiger partial charge in [0.25, 0.3) is 0 Å². The van der Waals surface area contributed by atoms with E-state index in [1.165, 1.54) is 0 Å². The van der Waals surface area contributed by atoms with Crippen LogP contribution < -0.4 is 4.72 Å². The lowest BCUT2D eigenvalue weighted by Gasteiger charge is -2.28. The van der Waals surface area contributed by atoms with Crippen molar-refractivity contribution in [1.82, 2.24) is 4.72 Å². The molecule has 0 aromatic heterocycles. The van der Waals surface area contributed by atoms with E-state index in [4.69, 9.17) is 0 Å². The van der Waals surface area contributed by atoms with Gasteiger partial charge in [0.2, 0.25) is 21.9 Å². The summed E-state index contributed by atoms with van der Waals surface area (Å²) in [7, 11) is -3.70. The van der Waals surface area contributed by atoms with E-state index in [2.05, 4.69) is 4.72 Å². The average molecular weight is 307 g/mol. The molecule has 0 radical (unpaired) electrons. The smallest absolute Gasteiger partial charge is 0.248 e. The molecule has 0 saturated heterocycles. The van der Waals surface area contributed by atoms with Crippen molar-refractivity contribution < 1.29 is 22.0 Å². The lowest BCUT2D eigenvalue weighted by molar-refractivity contribution is -0.127. The third-order valence-corrected chi connectivity index (χ3v) is 5.78. The molecular formula is C13H19F2NO3S. The van der Waals surface area contributed by atoms with Gasteiger partial charge in [-0.15, -0.1) is 0 Å². The Bertz CT molecular complexity index is 492. The highest BCUT2D eigenvalue weighted by Gasteiger charge is 2.38. The fourth-order valence-electron chi connectivity index (χ4n) is 2.66. The molecule has 1 fully saturated rings. The molecule has 0 unspecified atom stereocenters. The Balaban J connectivity index is 1.92. The molecule has 0 bridgehead atoms. The van der Waals surface area contributed by atoms with Crippen molar-refractivity contribution in [2.24, 2.45) is 5.92 Å². The highest BCUT2D eigenvalue weighted by atomic mass is 32.2. The highest BCUT2D eigenvalue weighted by Crippen LogP contribution is 2.36. The van der Waals surface area contributed by atoms with Gasteiger partial charge in [0.15, 0.2) is 0 Å². The number of allylic oxidation sites excluding steroid dienone is 2. The minimum absolute atomic E-state index is 0.0406. The van der Waals surface area contributed by atoms with E-state index in [9.17, 15) is 22.0 Å². The molecule has 0 aromatic carbocycles. The predicted molar refractivity (Wildman–Crippen MR) is 70.7 cm³/mol. The zero-order valence-electron chi connectivity index (χ0n) is 11.1. The Kier molecular flexibility index (Phi) is 4.46. The van der Waals surface area contributed by atoms with Crippen LogP contribution in [0.25, 0.3) is 0 Å². The van der Waals surface area contributed by atoms with Crippen LogP contribution in [-0.2, 0) is 14.8 Å². The van der Waals surface area contributed by atoms with E-state index in [0.717, 1.165) is 0 Å². The Morgan fingerprint density at radius 1 is 1.15 bits per heavy atom. The maximum atomic E-state index is 13.0. The van der Waals surface area contributed by atoms with Gasteiger partial charge in [-0.3, -0.25) is 9.52 Å². The number of hydrogen-bond acceptors (Lipinski definition) is 3. The van der Waals surface area contributed by atoms with E-state index in [0.29, 0.717) is 19.3 Å². The lowest BCUT2D eigenvalue weighted by Crippen LogP contribution is -2.43. The summed E-state index contributed by atoms with van der Waals surface area (Å²) >= 11 is 0. The van der Waals surface area contributed by atoms with Crippen molar-refractivity contribution in [3.05, 3.63) is 12.2 Å². The minimum atomic E-state index is -3.70. The summed E-state index contributed by atoms with van der Waals surface area (Å²) in [5.41, 5.74) is 0. The molecule has 7 heteroatoms. The predicted octanol–water partition coefficient (Wildman–Crippen LogP) is 2.37. The van der Waals surface area contributed by atoms with Crippen molar-refractivity contribution in [3.8, 4) is 0 Å². The van der Waals surface area contributed by atoms with E-state index < -0.39 is 33.0 Å². The highest BCUT2D eigenvalue weighted by molar-refractivity contribution is 7.90. The van der Waals surface area contributed by atoms with Crippen LogP contribution in [0.1, 0.15) is 44.9 Å². The third-order valence-electron chi connectivity index (χ3n) is 3.99. The first-order valence-corrected chi connectivity index (χ1v) is 8.43. The molecule has 0 aliphatic heterocycles. The van der Waals surface area contributed by atoms with Gasteiger partial charge in [-0.05, 0) is 32.1 Å². The van der Waals surface area contributed by atoms with Gasteiger partial charge in [0.1, 0.15) is 0 Å². The molecule has 1 atom stereocenters. The van der Waals surface area contributed by atoms with E-state index in [1.54, 1.807) is 6.08 Å². The number of alkyl halides is 2. The number of nitrogens with one attached hydrogen (secondary N) is 1. The molecule has 0 aromatic rings. The molecular weight excluding hydrogens is 288 g/mol. The van der Waals surface area contributed by atoms with Crippen LogP contribution >= 0.6 is 0 Å². The summed E-state index contributed by atoms with van der Waals surface area (Å²) in [5.74, 6) is -3.97. The maximum Gasteiger partial charge on any atom is 0.248 e. The Labute approximate surface area is 117 Å². The van der Waals surface area contributed by atoms with Crippen LogP contribution in [0.15, 0.2) is 12.2 Å². The van der Waals surface area contributed by atoms with Crippen molar-refractivity contribution in [2.45, 2.75) is 56.1 Å². The number of amides is 1. The van der Waals surface area contributed by atoms with E-state index >= 15 is 0 Å². The monoisotopic (exact) mass is 307 g/mol. The molecule has 0 heterocycles. The SMILES string of the molecule is O=C(NS(=O)(=O)[C@H]1CC=CCC1)C1CCC(F)(F)CC1. The minimum Gasteiger partial charge on any atom is -0.274 e. The first-order chi connectivity index (χ1) is 9.30. The molecule has 114 valence electrons. The van der Waals surface area contributed by atoms with E-state index in [1.807, 2.05) is 6.08 Å². The molecule has 1 amide bonds. The van der Waals surface area contributed by atoms with Crippen LogP contribution in [0.3, 0.4) is 0 Å². The van der Waals surface area contributed by atoms with Gasteiger partial charge in [0, 0.05) is 18.8 Å². The van der Waals surface area contributed by atoms with E-state index in [-0.39, 0.29) is 25.7 Å². The maximum absolute atomic E-state index is 13.0. The fraction of sp³-hybridized carbons (Fsp3) is 0.769.